The van der Waals surface area contributed by atoms with Gasteiger partial charge in [0.1, 0.15) is 5.82 Å². The van der Waals surface area contributed by atoms with Crippen LogP contribution in [0.5, 0.6) is 0 Å². The average molecular weight is 285 g/mol. The lowest BCUT2D eigenvalue weighted by Gasteiger charge is -2.39. The van der Waals surface area contributed by atoms with Gasteiger partial charge in [0.05, 0.1) is 11.1 Å². The van der Waals surface area contributed by atoms with E-state index in [0.717, 1.165) is 36.3 Å². The number of nitrogens with zero attached hydrogens (tertiary/aromatic N) is 2. The van der Waals surface area contributed by atoms with Gasteiger partial charge < -0.3 is 11.1 Å². The van der Waals surface area contributed by atoms with Crippen molar-refractivity contribution in [1.29, 1.82) is 0 Å². The number of hydrogen-bond donors (Lipinski definition) is 3. The minimum absolute atomic E-state index is 0.00374. The van der Waals surface area contributed by atoms with Gasteiger partial charge in [-0.2, -0.15) is 5.10 Å². The summed E-state index contributed by atoms with van der Waals surface area (Å²) in [5.41, 5.74) is 6.92. The number of rotatable bonds is 4. The molecule has 3 rings (SSSR count). The van der Waals surface area contributed by atoms with Crippen LogP contribution in [0.4, 0.5) is 5.69 Å². The molecule has 4 N–H and O–H groups in total. The monoisotopic (exact) mass is 285 g/mol. The number of carbonyl (C=O) groups excluding carboxylic acids is 1. The summed E-state index contributed by atoms with van der Waals surface area (Å²) in [7, 11) is 0. The lowest BCUT2D eigenvalue weighted by atomic mass is 9.68. The molecule has 0 radical (unpaired) electrons. The van der Waals surface area contributed by atoms with Crippen molar-refractivity contribution in [2.24, 2.45) is 11.1 Å². The Kier molecular flexibility index (Phi) is 3.47. The zero-order valence-electron chi connectivity index (χ0n) is 12.0. The molecule has 6 heteroatoms. The van der Waals surface area contributed by atoms with Gasteiger partial charge in [-0.3, -0.25) is 9.89 Å². The number of benzene rings is 1. The van der Waals surface area contributed by atoms with Crippen LogP contribution in [0.3, 0.4) is 0 Å². The molecule has 110 valence electrons. The van der Waals surface area contributed by atoms with Crippen molar-refractivity contribution >= 4 is 11.6 Å². The average Bonchev–Trinajstić information content (AvgIpc) is 2.85. The third-order valence-corrected chi connectivity index (χ3v) is 4.20. The molecule has 0 saturated heterocycles. The number of H-pyrrole nitrogens is 1. The van der Waals surface area contributed by atoms with E-state index in [2.05, 4.69) is 20.5 Å². The lowest BCUT2D eigenvalue weighted by Crippen LogP contribution is -2.47. The quantitative estimate of drug-likeness (QED) is 0.798. The molecule has 1 aliphatic carbocycles. The van der Waals surface area contributed by atoms with Crippen molar-refractivity contribution in [1.82, 2.24) is 15.2 Å². The fourth-order valence-electron chi connectivity index (χ4n) is 2.63. The third kappa shape index (κ3) is 2.42. The van der Waals surface area contributed by atoms with Crippen LogP contribution in [0.25, 0.3) is 11.4 Å². The molecule has 0 spiro atoms. The summed E-state index contributed by atoms with van der Waals surface area (Å²) in [5.74, 6) is 1.32. The van der Waals surface area contributed by atoms with Crippen molar-refractivity contribution in [2.75, 3.05) is 11.9 Å². The van der Waals surface area contributed by atoms with Crippen molar-refractivity contribution in [3.63, 3.8) is 0 Å². The van der Waals surface area contributed by atoms with Crippen LogP contribution < -0.4 is 11.1 Å². The molecule has 6 nitrogen and oxygen atoms in total. The Balaban J connectivity index is 1.88. The van der Waals surface area contributed by atoms with Crippen LogP contribution in [-0.2, 0) is 4.79 Å². The van der Waals surface area contributed by atoms with Crippen LogP contribution in [0, 0.1) is 12.3 Å². The maximum absolute atomic E-state index is 12.5. The van der Waals surface area contributed by atoms with Crippen molar-refractivity contribution in [3.8, 4) is 11.4 Å². The minimum Gasteiger partial charge on any atom is -0.329 e. The molecule has 2 aromatic rings. The number of nitrogens with two attached hydrogens (primary N) is 1. The number of carbonyl (C=O) groups is 1. The molecule has 1 aliphatic rings. The normalized spacial score (nSPS) is 16.3. The molecular formula is C15H19N5O. The Bertz CT molecular complexity index is 654. The van der Waals surface area contributed by atoms with E-state index >= 15 is 0 Å². The number of anilines is 1. The third-order valence-electron chi connectivity index (χ3n) is 4.20. The van der Waals surface area contributed by atoms with E-state index in [1.165, 1.54) is 0 Å². The Labute approximate surface area is 123 Å². The van der Waals surface area contributed by atoms with Gasteiger partial charge in [-0.15, -0.1) is 0 Å². The van der Waals surface area contributed by atoms with Gasteiger partial charge in [0.25, 0.3) is 0 Å². The van der Waals surface area contributed by atoms with E-state index in [0.29, 0.717) is 12.4 Å². The molecule has 0 unspecified atom stereocenters. The fraction of sp³-hybridized carbons (Fsp3) is 0.400. The van der Waals surface area contributed by atoms with Crippen LogP contribution in [0.1, 0.15) is 25.1 Å². The van der Waals surface area contributed by atoms with Crippen LogP contribution in [-0.4, -0.2) is 27.6 Å². The molecule has 1 saturated carbocycles. The van der Waals surface area contributed by atoms with Gasteiger partial charge in [-0.1, -0.05) is 18.6 Å². The summed E-state index contributed by atoms with van der Waals surface area (Å²) in [4.78, 5) is 16.8. The summed E-state index contributed by atoms with van der Waals surface area (Å²) < 4.78 is 0. The minimum atomic E-state index is -0.401. The summed E-state index contributed by atoms with van der Waals surface area (Å²) in [5, 5.41) is 9.98. The first kappa shape index (κ1) is 13.8. The van der Waals surface area contributed by atoms with Gasteiger partial charge in [0.15, 0.2) is 5.82 Å². The van der Waals surface area contributed by atoms with E-state index in [-0.39, 0.29) is 5.91 Å². The van der Waals surface area contributed by atoms with Crippen molar-refractivity contribution in [2.45, 2.75) is 26.2 Å². The van der Waals surface area contributed by atoms with E-state index in [1.54, 1.807) is 0 Å². The molecular weight excluding hydrogens is 266 g/mol. The number of aromatic nitrogens is 3. The highest BCUT2D eigenvalue weighted by Crippen LogP contribution is 2.41. The Morgan fingerprint density at radius 1 is 1.43 bits per heavy atom. The number of aromatic amines is 1. The van der Waals surface area contributed by atoms with E-state index in [9.17, 15) is 4.79 Å². The first-order valence-electron chi connectivity index (χ1n) is 7.14. The molecule has 1 aromatic heterocycles. The van der Waals surface area contributed by atoms with Crippen LogP contribution in [0.15, 0.2) is 24.3 Å². The maximum atomic E-state index is 12.5. The predicted molar refractivity (Wildman–Crippen MR) is 80.5 cm³/mol. The summed E-state index contributed by atoms with van der Waals surface area (Å²) in [6.07, 6.45) is 2.78. The molecule has 21 heavy (non-hydrogen) atoms. The highest BCUT2D eigenvalue weighted by atomic mass is 16.2. The lowest BCUT2D eigenvalue weighted by molar-refractivity contribution is -0.129. The molecule has 0 aliphatic heterocycles. The molecule has 0 atom stereocenters. The standard InChI is InChI=1S/C15H19N5O/c1-10-17-13(20-19-10)11-5-2-3-6-12(11)18-14(21)15(9-16)7-4-8-15/h2-3,5-6H,4,7-9,16H2,1H3,(H,18,21)(H,17,19,20). The summed E-state index contributed by atoms with van der Waals surface area (Å²) >= 11 is 0. The molecule has 1 fully saturated rings. The number of para-hydroxylation sites is 1. The number of amides is 1. The zero-order chi connectivity index (χ0) is 14.9. The van der Waals surface area contributed by atoms with Gasteiger partial charge in [-0.05, 0) is 31.9 Å². The van der Waals surface area contributed by atoms with Gasteiger partial charge in [0.2, 0.25) is 5.91 Å². The molecule has 1 aromatic carbocycles. The predicted octanol–water partition coefficient (Wildman–Crippen LogP) is 1.85. The fourth-order valence-corrected chi connectivity index (χ4v) is 2.63. The van der Waals surface area contributed by atoms with Crippen molar-refractivity contribution < 1.29 is 4.79 Å². The Hall–Kier alpha value is -2.21. The second kappa shape index (κ2) is 5.29. The van der Waals surface area contributed by atoms with E-state index < -0.39 is 5.41 Å². The maximum Gasteiger partial charge on any atom is 0.231 e. The zero-order valence-corrected chi connectivity index (χ0v) is 12.0. The molecule has 0 bridgehead atoms. The Morgan fingerprint density at radius 3 is 2.76 bits per heavy atom. The topological polar surface area (TPSA) is 96.7 Å². The smallest absolute Gasteiger partial charge is 0.231 e. The molecule has 1 amide bonds. The first-order chi connectivity index (χ1) is 10.1. The summed E-state index contributed by atoms with van der Waals surface area (Å²) in [6, 6.07) is 7.54. The van der Waals surface area contributed by atoms with Gasteiger partial charge >= 0.3 is 0 Å². The van der Waals surface area contributed by atoms with Gasteiger partial charge in [-0.25, -0.2) is 4.98 Å². The highest BCUT2D eigenvalue weighted by Gasteiger charge is 2.42. The highest BCUT2D eigenvalue weighted by molar-refractivity contribution is 5.99. The van der Waals surface area contributed by atoms with E-state index in [1.807, 2.05) is 31.2 Å². The second-order valence-electron chi connectivity index (χ2n) is 5.58. The number of aryl methyl sites for hydroxylation is 1. The number of hydrogen-bond acceptors (Lipinski definition) is 4. The van der Waals surface area contributed by atoms with Crippen LogP contribution >= 0.6 is 0 Å². The first-order valence-corrected chi connectivity index (χ1v) is 7.14. The van der Waals surface area contributed by atoms with Crippen molar-refractivity contribution in [3.05, 3.63) is 30.1 Å². The van der Waals surface area contributed by atoms with Crippen LogP contribution in [0.2, 0.25) is 0 Å². The molecule has 1 heterocycles. The largest absolute Gasteiger partial charge is 0.329 e. The number of nitrogens with one attached hydrogen (secondary N) is 2. The second-order valence-corrected chi connectivity index (χ2v) is 5.58. The van der Waals surface area contributed by atoms with E-state index in [4.69, 9.17) is 5.73 Å². The summed E-state index contributed by atoms with van der Waals surface area (Å²) in [6.45, 7) is 2.23. The van der Waals surface area contributed by atoms with Gasteiger partial charge in [0, 0.05) is 12.1 Å². The SMILES string of the molecule is Cc1nc(-c2ccccc2NC(=O)C2(CN)CCC2)n[nH]1. The Morgan fingerprint density at radius 2 is 2.19 bits per heavy atom.